The van der Waals surface area contributed by atoms with Gasteiger partial charge in [0.25, 0.3) is 0 Å². The highest BCUT2D eigenvalue weighted by molar-refractivity contribution is 7.80. The van der Waals surface area contributed by atoms with Gasteiger partial charge >= 0.3 is 0 Å². The van der Waals surface area contributed by atoms with Crippen LogP contribution in [0, 0.1) is 0 Å². The molecule has 0 aliphatic heterocycles. The summed E-state index contributed by atoms with van der Waals surface area (Å²) in [5, 5.41) is 0. The molecule has 0 N–H and O–H groups in total. The van der Waals surface area contributed by atoms with Crippen molar-refractivity contribution in [2.75, 3.05) is 0 Å². The molecule has 0 bridgehead atoms. The third-order valence-electron chi connectivity index (χ3n) is 2.07. The molecule has 1 rings (SSSR count). The van der Waals surface area contributed by atoms with Gasteiger partial charge in [-0.05, 0) is 30.0 Å². The molecule has 0 aliphatic rings. The standard InChI is InChI=1S/C10H14S/c1-3-8(2)9-4-6-10(11)7-5-9/h4-8,11H,3H2,1-2H3/t8-/m0/s1. The van der Waals surface area contributed by atoms with Crippen LogP contribution < -0.4 is 0 Å². The molecule has 1 heteroatoms. The van der Waals surface area contributed by atoms with E-state index in [-0.39, 0.29) is 0 Å². The summed E-state index contributed by atoms with van der Waals surface area (Å²) in [5.41, 5.74) is 1.41. The van der Waals surface area contributed by atoms with E-state index in [1.807, 2.05) is 12.1 Å². The molecule has 0 radical (unpaired) electrons. The monoisotopic (exact) mass is 166 g/mol. The summed E-state index contributed by atoms with van der Waals surface area (Å²) in [6, 6.07) is 8.39. The van der Waals surface area contributed by atoms with Crippen LogP contribution >= 0.6 is 12.6 Å². The first-order valence-electron chi connectivity index (χ1n) is 4.03. The molecule has 0 fully saturated rings. The predicted octanol–water partition coefficient (Wildman–Crippen LogP) is 3.49. The Morgan fingerprint density at radius 1 is 1.27 bits per heavy atom. The van der Waals surface area contributed by atoms with Crippen LogP contribution in [0.3, 0.4) is 0 Å². The van der Waals surface area contributed by atoms with Gasteiger partial charge in [-0.25, -0.2) is 0 Å². The smallest absolute Gasteiger partial charge is 0.00401 e. The Hall–Kier alpha value is -0.430. The van der Waals surface area contributed by atoms with Crippen LogP contribution in [-0.4, -0.2) is 0 Å². The maximum atomic E-state index is 4.23. The summed E-state index contributed by atoms with van der Waals surface area (Å²) in [6.07, 6.45) is 1.20. The summed E-state index contributed by atoms with van der Waals surface area (Å²) in [7, 11) is 0. The Bertz CT molecular complexity index is 213. The zero-order valence-corrected chi connectivity index (χ0v) is 7.94. The molecule has 60 valence electrons. The SMILES string of the molecule is CC[C@H](C)c1ccc(S)cc1. The van der Waals surface area contributed by atoms with Crippen molar-refractivity contribution in [3.05, 3.63) is 29.8 Å². The lowest BCUT2D eigenvalue weighted by Gasteiger charge is -2.07. The Morgan fingerprint density at radius 2 is 1.82 bits per heavy atom. The van der Waals surface area contributed by atoms with Crippen molar-refractivity contribution >= 4 is 12.6 Å². The highest BCUT2D eigenvalue weighted by atomic mass is 32.1. The predicted molar refractivity (Wildman–Crippen MR) is 52.4 cm³/mol. The number of hydrogen-bond donors (Lipinski definition) is 1. The summed E-state index contributed by atoms with van der Waals surface area (Å²) in [4.78, 5) is 1.04. The maximum Gasteiger partial charge on any atom is 0.00401 e. The van der Waals surface area contributed by atoms with Crippen molar-refractivity contribution in [2.45, 2.75) is 31.1 Å². The Labute approximate surface area is 74.0 Å². The lowest BCUT2D eigenvalue weighted by Crippen LogP contribution is -1.89. The lowest BCUT2D eigenvalue weighted by atomic mass is 9.99. The molecule has 0 nitrogen and oxygen atoms in total. The van der Waals surface area contributed by atoms with E-state index < -0.39 is 0 Å². The molecule has 1 atom stereocenters. The molecule has 1 aromatic rings. The second-order valence-electron chi connectivity index (χ2n) is 2.90. The van der Waals surface area contributed by atoms with E-state index in [4.69, 9.17) is 0 Å². The van der Waals surface area contributed by atoms with E-state index >= 15 is 0 Å². The zero-order chi connectivity index (χ0) is 8.27. The van der Waals surface area contributed by atoms with Gasteiger partial charge in [0.1, 0.15) is 0 Å². The minimum Gasteiger partial charge on any atom is -0.143 e. The van der Waals surface area contributed by atoms with Crippen LogP contribution in [0.25, 0.3) is 0 Å². The Morgan fingerprint density at radius 3 is 2.27 bits per heavy atom. The van der Waals surface area contributed by atoms with Gasteiger partial charge < -0.3 is 0 Å². The molecule has 0 aliphatic carbocycles. The number of thiol groups is 1. The fourth-order valence-electron chi connectivity index (χ4n) is 1.04. The Balaban J connectivity index is 2.81. The summed E-state index contributed by atoms with van der Waals surface area (Å²) in [6.45, 7) is 4.45. The molecular weight excluding hydrogens is 152 g/mol. The fourth-order valence-corrected chi connectivity index (χ4v) is 1.19. The maximum absolute atomic E-state index is 4.23. The average Bonchev–Trinajstić information content (AvgIpc) is 2.05. The van der Waals surface area contributed by atoms with Crippen molar-refractivity contribution < 1.29 is 0 Å². The zero-order valence-electron chi connectivity index (χ0n) is 7.04. The van der Waals surface area contributed by atoms with Crippen molar-refractivity contribution in [1.29, 1.82) is 0 Å². The van der Waals surface area contributed by atoms with Crippen molar-refractivity contribution in [1.82, 2.24) is 0 Å². The summed E-state index contributed by atoms with van der Waals surface area (Å²) >= 11 is 4.23. The van der Waals surface area contributed by atoms with Crippen LogP contribution in [0.4, 0.5) is 0 Å². The molecule has 0 saturated carbocycles. The molecule has 0 saturated heterocycles. The molecular formula is C10H14S. The van der Waals surface area contributed by atoms with Crippen LogP contribution in [0.1, 0.15) is 31.7 Å². The van der Waals surface area contributed by atoms with Gasteiger partial charge in [-0.3, -0.25) is 0 Å². The van der Waals surface area contributed by atoms with Crippen LogP contribution in [0.5, 0.6) is 0 Å². The normalized spacial score (nSPS) is 13.0. The van der Waals surface area contributed by atoms with Gasteiger partial charge in [-0.2, -0.15) is 0 Å². The second kappa shape index (κ2) is 3.82. The van der Waals surface area contributed by atoms with Crippen LogP contribution in [0.15, 0.2) is 29.2 Å². The molecule has 0 amide bonds. The molecule has 0 heterocycles. The van der Waals surface area contributed by atoms with E-state index in [1.54, 1.807) is 0 Å². The molecule has 0 aromatic heterocycles. The highest BCUT2D eigenvalue weighted by Gasteiger charge is 2.00. The van der Waals surface area contributed by atoms with E-state index in [0.29, 0.717) is 5.92 Å². The van der Waals surface area contributed by atoms with Crippen molar-refractivity contribution in [3.63, 3.8) is 0 Å². The second-order valence-corrected chi connectivity index (χ2v) is 3.42. The fraction of sp³-hybridized carbons (Fsp3) is 0.400. The van der Waals surface area contributed by atoms with Crippen molar-refractivity contribution in [3.8, 4) is 0 Å². The number of hydrogen-bond acceptors (Lipinski definition) is 1. The molecule has 1 aromatic carbocycles. The third-order valence-corrected chi connectivity index (χ3v) is 2.37. The minimum absolute atomic E-state index is 0.670. The first-order chi connectivity index (χ1) is 5.24. The van der Waals surface area contributed by atoms with E-state index in [0.717, 1.165) is 4.90 Å². The van der Waals surface area contributed by atoms with Gasteiger partial charge in [0.05, 0.1) is 0 Å². The lowest BCUT2D eigenvalue weighted by molar-refractivity contribution is 0.733. The first-order valence-corrected chi connectivity index (χ1v) is 4.47. The van der Waals surface area contributed by atoms with Gasteiger partial charge in [-0.15, -0.1) is 12.6 Å². The van der Waals surface area contributed by atoms with E-state index in [9.17, 15) is 0 Å². The summed E-state index contributed by atoms with van der Waals surface area (Å²) in [5.74, 6) is 0.670. The van der Waals surface area contributed by atoms with Gasteiger partial charge in [0.15, 0.2) is 0 Å². The van der Waals surface area contributed by atoms with Gasteiger partial charge in [0.2, 0.25) is 0 Å². The highest BCUT2D eigenvalue weighted by Crippen LogP contribution is 2.19. The Kier molecular flexibility index (Phi) is 3.01. The van der Waals surface area contributed by atoms with Crippen LogP contribution in [-0.2, 0) is 0 Å². The first kappa shape index (κ1) is 8.66. The van der Waals surface area contributed by atoms with E-state index in [1.165, 1.54) is 12.0 Å². The third kappa shape index (κ3) is 2.26. The van der Waals surface area contributed by atoms with Gasteiger partial charge in [0, 0.05) is 4.90 Å². The average molecular weight is 166 g/mol. The van der Waals surface area contributed by atoms with E-state index in [2.05, 4.69) is 38.6 Å². The molecule has 0 spiro atoms. The minimum atomic E-state index is 0.670. The summed E-state index contributed by atoms with van der Waals surface area (Å²) < 4.78 is 0. The topological polar surface area (TPSA) is 0 Å². The molecule has 0 unspecified atom stereocenters. The largest absolute Gasteiger partial charge is 0.143 e. The quantitative estimate of drug-likeness (QED) is 0.639. The molecule has 11 heavy (non-hydrogen) atoms. The van der Waals surface area contributed by atoms with Gasteiger partial charge in [-0.1, -0.05) is 26.0 Å². The number of rotatable bonds is 2. The number of benzene rings is 1. The van der Waals surface area contributed by atoms with Crippen molar-refractivity contribution in [2.24, 2.45) is 0 Å². The van der Waals surface area contributed by atoms with Crippen LogP contribution in [0.2, 0.25) is 0 Å².